The number of hydrogen-bond donors (Lipinski definition) is 1. The Hall–Kier alpha value is -0.710. The van der Waals surface area contributed by atoms with E-state index in [1.807, 2.05) is 12.3 Å². The highest BCUT2D eigenvalue weighted by Gasteiger charge is 2.13. The number of rotatable bonds is 6. The number of benzene rings is 1. The van der Waals surface area contributed by atoms with Crippen molar-refractivity contribution in [2.75, 3.05) is 0 Å². The van der Waals surface area contributed by atoms with Gasteiger partial charge in [0, 0.05) is 27.7 Å². The molecule has 112 valence electrons. The Labute approximate surface area is 143 Å². The van der Waals surface area contributed by atoms with E-state index in [2.05, 4.69) is 86.3 Å². The maximum absolute atomic E-state index is 4.47. The van der Waals surface area contributed by atoms with Gasteiger partial charge in [-0.1, -0.05) is 44.2 Å². The zero-order chi connectivity index (χ0) is 15.2. The molecule has 1 unspecified atom stereocenters. The number of aromatic nitrogens is 1. The van der Waals surface area contributed by atoms with Crippen molar-refractivity contribution in [3.8, 4) is 0 Å². The number of pyridine rings is 1. The van der Waals surface area contributed by atoms with E-state index in [1.165, 1.54) is 5.56 Å². The van der Waals surface area contributed by atoms with Gasteiger partial charge in [-0.15, -0.1) is 0 Å². The van der Waals surface area contributed by atoms with Crippen LogP contribution in [0.5, 0.6) is 0 Å². The van der Waals surface area contributed by atoms with E-state index in [0.29, 0.717) is 12.0 Å². The second kappa shape index (κ2) is 8.06. The average Bonchev–Trinajstić information content (AvgIpc) is 2.45. The Bertz CT molecular complexity index is 570. The van der Waals surface area contributed by atoms with Crippen LogP contribution in [0.1, 0.15) is 37.6 Å². The Morgan fingerprint density at radius 3 is 2.48 bits per heavy atom. The molecule has 1 heterocycles. The second-order valence-electron chi connectivity index (χ2n) is 5.56. The molecule has 21 heavy (non-hydrogen) atoms. The molecule has 0 saturated heterocycles. The number of nitrogens with zero attached hydrogens (tertiary/aromatic N) is 1. The van der Waals surface area contributed by atoms with Crippen LogP contribution in [0.2, 0.25) is 0 Å². The van der Waals surface area contributed by atoms with Crippen molar-refractivity contribution in [3.63, 3.8) is 0 Å². The fraction of sp³-hybridized carbons (Fsp3) is 0.353. The topological polar surface area (TPSA) is 24.9 Å². The lowest BCUT2D eigenvalue weighted by Gasteiger charge is -2.21. The summed E-state index contributed by atoms with van der Waals surface area (Å²) in [6, 6.07) is 13.0. The van der Waals surface area contributed by atoms with Crippen molar-refractivity contribution in [3.05, 3.63) is 62.8 Å². The van der Waals surface area contributed by atoms with E-state index in [0.717, 1.165) is 27.6 Å². The monoisotopic (exact) mass is 410 g/mol. The molecule has 2 nitrogen and oxygen atoms in total. The predicted molar refractivity (Wildman–Crippen MR) is 95.1 cm³/mol. The van der Waals surface area contributed by atoms with Gasteiger partial charge in [0.15, 0.2) is 0 Å². The fourth-order valence-corrected chi connectivity index (χ4v) is 3.41. The molecule has 0 amide bonds. The van der Waals surface area contributed by atoms with Gasteiger partial charge in [0.1, 0.15) is 0 Å². The van der Waals surface area contributed by atoms with Gasteiger partial charge in [0.05, 0.1) is 5.69 Å². The Morgan fingerprint density at radius 1 is 1.14 bits per heavy atom. The van der Waals surface area contributed by atoms with E-state index in [1.54, 1.807) is 0 Å². The van der Waals surface area contributed by atoms with Gasteiger partial charge in [0.2, 0.25) is 0 Å². The largest absolute Gasteiger partial charge is 0.304 e. The van der Waals surface area contributed by atoms with Crippen LogP contribution >= 0.6 is 31.9 Å². The molecule has 1 aromatic heterocycles. The van der Waals surface area contributed by atoms with Crippen molar-refractivity contribution in [2.45, 2.75) is 32.9 Å². The summed E-state index contributed by atoms with van der Waals surface area (Å²) < 4.78 is 2.01. The molecule has 0 fully saturated rings. The van der Waals surface area contributed by atoms with Gasteiger partial charge in [0.25, 0.3) is 0 Å². The van der Waals surface area contributed by atoms with Gasteiger partial charge in [-0.2, -0.15) is 0 Å². The summed E-state index contributed by atoms with van der Waals surface area (Å²) in [5.41, 5.74) is 2.36. The van der Waals surface area contributed by atoms with Crippen LogP contribution in [-0.4, -0.2) is 4.98 Å². The molecular formula is C17H20Br2N2. The third-order valence-electron chi connectivity index (χ3n) is 3.31. The van der Waals surface area contributed by atoms with Gasteiger partial charge < -0.3 is 5.32 Å². The molecule has 0 aliphatic rings. The number of nitrogens with one attached hydrogen (secondary N) is 1. The summed E-state index contributed by atoms with van der Waals surface area (Å²) in [6.45, 7) is 5.26. The lowest BCUT2D eigenvalue weighted by atomic mass is 9.97. The van der Waals surface area contributed by atoms with Crippen LogP contribution in [0, 0.1) is 5.92 Å². The van der Waals surface area contributed by atoms with Gasteiger partial charge in [-0.3, -0.25) is 4.98 Å². The minimum atomic E-state index is 0.351. The molecule has 2 rings (SSSR count). The first-order chi connectivity index (χ1) is 10.1. The number of halogens is 2. The SMILES string of the molecule is CC(C)CC(NCc1ncc(Br)cc1Br)c1ccccc1. The summed E-state index contributed by atoms with van der Waals surface area (Å²) in [5, 5.41) is 3.64. The molecule has 0 saturated carbocycles. The second-order valence-corrected chi connectivity index (χ2v) is 7.33. The third-order valence-corrected chi connectivity index (χ3v) is 4.43. The first kappa shape index (κ1) is 16.7. The van der Waals surface area contributed by atoms with Crippen LogP contribution in [0.3, 0.4) is 0 Å². The van der Waals surface area contributed by atoms with E-state index in [-0.39, 0.29) is 0 Å². The molecular weight excluding hydrogens is 392 g/mol. The van der Waals surface area contributed by atoms with Crippen molar-refractivity contribution in [2.24, 2.45) is 5.92 Å². The lowest BCUT2D eigenvalue weighted by molar-refractivity contribution is 0.426. The van der Waals surface area contributed by atoms with Crippen molar-refractivity contribution in [1.29, 1.82) is 0 Å². The van der Waals surface area contributed by atoms with E-state index >= 15 is 0 Å². The minimum absolute atomic E-state index is 0.351. The molecule has 1 atom stereocenters. The van der Waals surface area contributed by atoms with E-state index < -0.39 is 0 Å². The molecule has 0 spiro atoms. The highest BCUT2D eigenvalue weighted by Crippen LogP contribution is 2.23. The van der Waals surface area contributed by atoms with Crippen LogP contribution in [-0.2, 0) is 6.54 Å². The van der Waals surface area contributed by atoms with Crippen LogP contribution in [0.15, 0.2) is 51.5 Å². The zero-order valence-corrected chi connectivity index (χ0v) is 15.5. The smallest absolute Gasteiger partial charge is 0.0684 e. The third kappa shape index (κ3) is 5.20. The van der Waals surface area contributed by atoms with Crippen molar-refractivity contribution >= 4 is 31.9 Å². The Balaban J connectivity index is 2.09. The fourth-order valence-electron chi connectivity index (χ4n) is 2.29. The van der Waals surface area contributed by atoms with E-state index in [9.17, 15) is 0 Å². The summed E-state index contributed by atoms with van der Waals surface area (Å²) in [5.74, 6) is 0.643. The quantitative estimate of drug-likeness (QED) is 0.680. The van der Waals surface area contributed by atoms with Crippen LogP contribution in [0.4, 0.5) is 0 Å². The van der Waals surface area contributed by atoms with Crippen LogP contribution < -0.4 is 5.32 Å². The van der Waals surface area contributed by atoms with Gasteiger partial charge in [-0.25, -0.2) is 0 Å². The molecule has 0 aliphatic heterocycles. The highest BCUT2D eigenvalue weighted by atomic mass is 79.9. The predicted octanol–water partition coefficient (Wildman–Crippen LogP) is 5.48. The van der Waals surface area contributed by atoms with Crippen molar-refractivity contribution < 1.29 is 0 Å². The maximum Gasteiger partial charge on any atom is 0.0684 e. The first-order valence-corrected chi connectivity index (χ1v) is 8.73. The van der Waals surface area contributed by atoms with E-state index in [4.69, 9.17) is 0 Å². The minimum Gasteiger partial charge on any atom is -0.304 e. The molecule has 4 heteroatoms. The molecule has 1 aromatic carbocycles. The number of hydrogen-bond acceptors (Lipinski definition) is 2. The first-order valence-electron chi connectivity index (χ1n) is 7.14. The van der Waals surface area contributed by atoms with Crippen LogP contribution in [0.25, 0.3) is 0 Å². The molecule has 1 N–H and O–H groups in total. The summed E-state index contributed by atoms with van der Waals surface area (Å²) >= 11 is 7.00. The van der Waals surface area contributed by atoms with Gasteiger partial charge >= 0.3 is 0 Å². The summed E-state index contributed by atoms with van der Waals surface area (Å²) in [6.07, 6.45) is 2.94. The highest BCUT2D eigenvalue weighted by molar-refractivity contribution is 9.11. The Morgan fingerprint density at radius 2 is 1.86 bits per heavy atom. The summed E-state index contributed by atoms with van der Waals surface area (Å²) in [7, 11) is 0. The molecule has 2 aromatic rings. The zero-order valence-electron chi connectivity index (χ0n) is 12.3. The molecule has 0 aliphatic carbocycles. The average molecular weight is 412 g/mol. The van der Waals surface area contributed by atoms with Gasteiger partial charge in [-0.05, 0) is 55.8 Å². The standard InChI is InChI=1S/C17H20Br2N2/c1-12(2)8-16(13-6-4-3-5-7-13)21-11-17-15(19)9-14(18)10-20-17/h3-7,9-10,12,16,21H,8,11H2,1-2H3. The lowest BCUT2D eigenvalue weighted by Crippen LogP contribution is -2.23. The normalized spacial score (nSPS) is 12.6. The Kier molecular flexibility index (Phi) is 6.40. The molecule has 0 radical (unpaired) electrons. The summed E-state index contributed by atoms with van der Waals surface area (Å²) in [4.78, 5) is 4.47. The van der Waals surface area contributed by atoms with Crippen molar-refractivity contribution in [1.82, 2.24) is 10.3 Å². The molecule has 0 bridgehead atoms. The maximum atomic E-state index is 4.47.